The average Bonchev–Trinajstić information content (AvgIpc) is 2.54. The van der Waals surface area contributed by atoms with Gasteiger partial charge < -0.3 is 10.1 Å². The lowest BCUT2D eigenvalue weighted by Crippen LogP contribution is -2.34. The summed E-state index contributed by atoms with van der Waals surface area (Å²) in [4.78, 5) is 12.3. The Morgan fingerprint density at radius 3 is 2.62 bits per heavy atom. The van der Waals surface area contributed by atoms with Gasteiger partial charge in [-0.25, -0.2) is 0 Å². The number of fused-ring (bicyclic) bond motifs is 1. The molecular formula is C18H19NO2. The van der Waals surface area contributed by atoms with Crippen molar-refractivity contribution in [2.24, 2.45) is 5.92 Å². The van der Waals surface area contributed by atoms with Crippen molar-refractivity contribution in [2.45, 2.75) is 19.4 Å². The van der Waals surface area contributed by atoms with Gasteiger partial charge >= 0.3 is 5.97 Å². The van der Waals surface area contributed by atoms with E-state index in [4.69, 9.17) is 4.74 Å². The van der Waals surface area contributed by atoms with Crippen molar-refractivity contribution in [3.63, 3.8) is 0 Å². The van der Waals surface area contributed by atoms with Crippen LogP contribution in [0.15, 0.2) is 54.6 Å². The highest BCUT2D eigenvalue weighted by molar-refractivity contribution is 5.77. The molecule has 1 aliphatic heterocycles. The molecule has 3 heteroatoms. The van der Waals surface area contributed by atoms with E-state index in [9.17, 15) is 4.79 Å². The molecular weight excluding hydrogens is 262 g/mol. The number of rotatable bonds is 3. The number of para-hydroxylation sites is 1. The third kappa shape index (κ3) is 2.77. The molecule has 3 rings (SSSR count). The Labute approximate surface area is 124 Å². The van der Waals surface area contributed by atoms with E-state index in [1.807, 2.05) is 37.3 Å². The second-order valence-electron chi connectivity index (χ2n) is 5.25. The van der Waals surface area contributed by atoms with Gasteiger partial charge in [-0.2, -0.15) is 0 Å². The van der Waals surface area contributed by atoms with Gasteiger partial charge in [0.1, 0.15) is 0 Å². The Bertz CT molecular complexity index is 624. The van der Waals surface area contributed by atoms with E-state index in [1.165, 1.54) is 5.56 Å². The number of hydrogen-bond donors (Lipinski definition) is 1. The highest BCUT2D eigenvalue weighted by atomic mass is 16.5. The number of benzene rings is 2. The van der Waals surface area contributed by atoms with Gasteiger partial charge in [-0.05, 0) is 30.5 Å². The molecule has 1 aliphatic rings. The van der Waals surface area contributed by atoms with E-state index in [0.717, 1.165) is 11.3 Å². The summed E-state index contributed by atoms with van der Waals surface area (Å²) in [5.74, 6) is -0.324. The van der Waals surface area contributed by atoms with Gasteiger partial charge in [0, 0.05) is 5.69 Å². The highest BCUT2D eigenvalue weighted by Crippen LogP contribution is 2.37. The predicted molar refractivity (Wildman–Crippen MR) is 83.1 cm³/mol. The molecule has 2 aromatic rings. The SMILES string of the molecule is CCOC(=O)[C@@H]1Cc2ccccc2N[C@@H]1c1ccccc1. The monoisotopic (exact) mass is 281 g/mol. The molecule has 21 heavy (non-hydrogen) atoms. The van der Waals surface area contributed by atoms with Gasteiger partial charge in [-0.15, -0.1) is 0 Å². The molecule has 0 aromatic heterocycles. The van der Waals surface area contributed by atoms with Gasteiger partial charge in [0.15, 0.2) is 0 Å². The number of carbonyl (C=O) groups excluding carboxylic acids is 1. The summed E-state index contributed by atoms with van der Waals surface area (Å²) in [7, 11) is 0. The molecule has 0 saturated heterocycles. The van der Waals surface area contributed by atoms with Crippen molar-refractivity contribution in [2.75, 3.05) is 11.9 Å². The Balaban J connectivity index is 1.96. The molecule has 0 spiro atoms. The number of ether oxygens (including phenoxy) is 1. The molecule has 0 fully saturated rings. The van der Waals surface area contributed by atoms with Gasteiger partial charge in [0.05, 0.1) is 18.6 Å². The van der Waals surface area contributed by atoms with Crippen LogP contribution in [0.25, 0.3) is 0 Å². The third-order valence-electron chi connectivity index (χ3n) is 3.92. The Hall–Kier alpha value is -2.29. The largest absolute Gasteiger partial charge is 0.466 e. The van der Waals surface area contributed by atoms with Crippen LogP contribution < -0.4 is 5.32 Å². The van der Waals surface area contributed by atoms with Crippen LogP contribution in [0.5, 0.6) is 0 Å². The molecule has 2 aromatic carbocycles. The Kier molecular flexibility index (Phi) is 3.91. The summed E-state index contributed by atoms with van der Waals surface area (Å²) < 4.78 is 5.27. The third-order valence-corrected chi connectivity index (χ3v) is 3.92. The van der Waals surface area contributed by atoms with Crippen molar-refractivity contribution >= 4 is 11.7 Å². The summed E-state index contributed by atoms with van der Waals surface area (Å²) in [6, 6.07) is 18.2. The summed E-state index contributed by atoms with van der Waals surface area (Å²) >= 11 is 0. The van der Waals surface area contributed by atoms with Crippen molar-refractivity contribution in [1.82, 2.24) is 0 Å². The first-order chi connectivity index (χ1) is 10.3. The lowest BCUT2D eigenvalue weighted by Gasteiger charge is -2.33. The zero-order chi connectivity index (χ0) is 14.7. The van der Waals surface area contributed by atoms with Crippen LogP contribution in [0.3, 0.4) is 0 Å². The first kappa shape index (κ1) is 13.7. The van der Waals surface area contributed by atoms with E-state index < -0.39 is 0 Å². The van der Waals surface area contributed by atoms with E-state index in [-0.39, 0.29) is 17.9 Å². The summed E-state index contributed by atoms with van der Waals surface area (Å²) in [5.41, 5.74) is 3.39. The van der Waals surface area contributed by atoms with E-state index in [1.54, 1.807) is 0 Å². The number of hydrogen-bond acceptors (Lipinski definition) is 3. The van der Waals surface area contributed by atoms with Crippen molar-refractivity contribution in [3.05, 3.63) is 65.7 Å². The first-order valence-corrected chi connectivity index (χ1v) is 7.35. The quantitative estimate of drug-likeness (QED) is 0.874. The van der Waals surface area contributed by atoms with Gasteiger partial charge in [0.25, 0.3) is 0 Å². The zero-order valence-electron chi connectivity index (χ0n) is 12.1. The van der Waals surface area contributed by atoms with Crippen molar-refractivity contribution in [1.29, 1.82) is 0 Å². The van der Waals surface area contributed by atoms with Crippen LogP contribution in [-0.4, -0.2) is 12.6 Å². The first-order valence-electron chi connectivity index (χ1n) is 7.35. The fourth-order valence-corrected chi connectivity index (χ4v) is 2.91. The summed E-state index contributed by atoms with van der Waals surface area (Å²) in [6.07, 6.45) is 0.710. The van der Waals surface area contributed by atoms with Gasteiger partial charge in [-0.1, -0.05) is 48.5 Å². The van der Waals surface area contributed by atoms with Crippen LogP contribution in [0, 0.1) is 5.92 Å². The number of esters is 1. The predicted octanol–water partition coefficient (Wildman–Crippen LogP) is 3.58. The van der Waals surface area contributed by atoms with E-state index in [0.29, 0.717) is 13.0 Å². The second kappa shape index (κ2) is 6.00. The second-order valence-corrected chi connectivity index (χ2v) is 5.25. The molecule has 0 saturated carbocycles. The minimum atomic E-state index is -0.192. The minimum absolute atomic E-state index is 0.0415. The molecule has 0 amide bonds. The topological polar surface area (TPSA) is 38.3 Å². The van der Waals surface area contributed by atoms with Crippen LogP contribution in [-0.2, 0) is 16.0 Å². The smallest absolute Gasteiger partial charge is 0.311 e. The van der Waals surface area contributed by atoms with Crippen molar-refractivity contribution in [3.8, 4) is 0 Å². The average molecular weight is 281 g/mol. The maximum absolute atomic E-state index is 12.3. The fraction of sp³-hybridized carbons (Fsp3) is 0.278. The van der Waals surface area contributed by atoms with Gasteiger partial charge in [0.2, 0.25) is 0 Å². The number of nitrogens with one attached hydrogen (secondary N) is 1. The van der Waals surface area contributed by atoms with E-state index in [2.05, 4.69) is 29.6 Å². The highest BCUT2D eigenvalue weighted by Gasteiger charge is 2.35. The summed E-state index contributed by atoms with van der Waals surface area (Å²) in [6.45, 7) is 2.26. The maximum Gasteiger partial charge on any atom is 0.311 e. The number of carbonyl (C=O) groups is 1. The maximum atomic E-state index is 12.3. The standard InChI is InChI=1S/C18H19NO2/c1-2-21-18(20)15-12-14-10-6-7-11-16(14)19-17(15)13-8-4-3-5-9-13/h3-11,15,17,19H,2,12H2,1H3/t15-,17-/m1/s1. The van der Waals surface area contributed by atoms with Crippen LogP contribution in [0.4, 0.5) is 5.69 Å². The van der Waals surface area contributed by atoms with Gasteiger partial charge in [-0.3, -0.25) is 4.79 Å². The lowest BCUT2D eigenvalue weighted by atomic mass is 9.83. The van der Waals surface area contributed by atoms with Crippen LogP contribution in [0.1, 0.15) is 24.1 Å². The molecule has 1 heterocycles. The fourth-order valence-electron chi connectivity index (χ4n) is 2.91. The molecule has 0 radical (unpaired) electrons. The minimum Gasteiger partial charge on any atom is -0.466 e. The molecule has 0 unspecified atom stereocenters. The summed E-state index contributed by atoms with van der Waals surface area (Å²) in [5, 5.41) is 3.50. The molecule has 0 aliphatic carbocycles. The molecule has 2 atom stereocenters. The Morgan fingerprint density at radius 1 is 1.14 bits per heavy atom. The van der Waals surface area contributed by atoms with E-state index >= 15 is 0 Å². The molecule has 0 bridgehead atoms. The Morgan fingerprint density at radius 2 is 1.86 bits per heavy atom. The van der Waals surface area contributed by atoms with Crippen molar-refractivity contribution < 1.29 is 9.53 Å². The normalized spacial score (nSPS) is 20.2. The van der Waals surface area contributed by atoms with Crippen LogP contribution in [0.2, 0.25) is 0 Å². The van der Waals surface area contributed by atoms with Crippen LogP contribution >= 0.6 is 0 Å². The lowest BCUT2D eigenvalue weighted by molar-refractivity contribution is -0.148. The zero-order valence-corrected chi connectivity index (χ0v) is 12.1. The number of anilines is 1. The molecule has 108 valence electrons. The molecule has 1 N–H and O–H groups in total. The molecule has 3 nitrogen and oxygen atoms in total.